The summed E-state index contributed by atoms with van der Waals surface area (Å²) in [5, 5.41) is 0.701. The first-order chi connectivity index (χ1) is 22.2. The van der Waals surface area contributed by atoms with Gasteiger partial charge in [0.2, 0.25) is 0 Å². The molecule has 4 rings (SSSR count). The fraction of sp³-hybridized carbons (Fsp3) is 0.312. The SMILES string of the molecule is CCOC(=O)c1c(C)nc(SSc2nc(C)c(C(=O)OCC)c(-c3ccc(OC)c(OC)c3)n2)nc1-c1ccc(OC)c(OC)c1. The monoisotopic (exact) mass is 666 g/mol. The van der Waals surface area contributed by atoms with Gasteiger partial charge in [0.15, 0.2) is 33.3 Å². The minimum absolute atomic E-state index is 0.191. The fourth-order valence-corrected chi connectivity index (χ4v) is 6.17. The van der Waals surface area contributed by atoms with E-state index in [0.717, 1.165) is 0 Å². The van der Waals surface area contributed by atoms with E-state index in [9.17, 15) is 9.59 Å². The maximum atomic E-state index is 13.0. The number of aryl methyl sites for hydroxylation is 2. The van der Waals surface area contributed by atoms with E-state index in [4.69, 9.17) is 38.4 Å². The van der Waals surface area contributed by atoms with E-state index in [-0.39, 0.29) is 24.3 Å². The van der Waals surface area contributed by atoms with Crippen molar-refractivity contribution in [2.75, 3.05) is 41.7 Å². The Morgan fingerprint density at radius 1 is 0.587 bits per heavy atom. The first-order valence-corrected chi connectivity index (χ1v) is 16.2. The van der Waals surface area contributed by atoms with Gasteiger partial charge in [0.25, 0.3) is 0 Å². The summed E-state index contributed by atoms with van der Waals surface area (Å²) in [6, 6.07) is 10.5. The molecule has 0 aliphatic heterocycles. The highest BCUT2D eigenvalue weighted by Crippen LogP contribution is 2.40. The van der Waals surface area contributed by atoms with E-state index in [0.29, 0.717) is 67.2 Å². The van der Waals surface area contributed by atoms with Gasteiger partial charge in [-0.2, -0.15) is 0 Å². The molecule has 4 aromatic rings. The van der Waals surface area contributed by atoms with E-state index < -0.39 is 11.9 Å². The number of ether oxygens (including phenoxy) is 6. The number of benzene rings is 2. The summed E-state index contributed by atoms with van der Waals surface area (Å²) < 4.78 is 32.4. The molecular weight excluding hydrogens is 633 g/mol. The van der Waals surface area contributed by atoms with Crippen LogP contribution in [-0.4, -0.2) is 73.5 Å². The highest BCUT2D eigenvalue weighted by Gasteiger charge is 2.25. The maximum absolute atomic E-state index is 13.0. The number of esters is 2. The Morgan fingerprint density at radius 3 is 1.28 bits per heavy atom. The van der Waals surface area contributed by atoms with Crippen LogP contribution in [0.4, 0.5) is 0 Å². The first kappa shape index (κ1) is 34.3. The Labute approximate surface area is 275 Å². The van der Waals surface area contributed by atoms with Crippen molar-refractivity contribution in [2.45, 2.75) is 38.0 Å². The zero-order chi connectivity index (χ0) is 33.4. The highest BCUT2D eigenvalue weighted by atomic mass is 33.1. The van der Waals surface area contributed by atoms with Gasteiger partial charge < -0.3 is 28.4 Å². The summed E-state index contributed by atoms with van der Waals surface area (Å²) in [4.78, 5) is 44.7. The lowest BCUT2D eigenvalue weighted by atomic mass is 10.0. The highest BCUT2D eigenvalue weighted by molar-refractivity contribution is 8.76. The molecule has 0 N–H and O–H groups in total. The third kappa shape index (κ3) is 7.45. The zero-order valence-corrected chi connectivity index (χ0v) is 28.4. The molecule has 46 heavy (non-hydrogen) atoms. The molecule has 0 aliphatic carbocycles. The van der Waals surface area contributed by atoms with Gasteiger partial charge in [0.1, 0.15) is 11.1 Å². The van der Waals surface area contributed by atoms with Crippen LogP contribution in [0.3, 0.4) is 0 Å². The van der Waals surface area contributed by atoms with Crippen LogP contribution in [0.15, 0.2) is 46.7 Å². The molecule has 0 spiro atoms. The first-order valence-electron chi connectivity index (χ1n) is 14.1. The number of carbonyl (C=O) groups is 2. The average molecular weight is 667 g/mol. The Morgan fingerprint density at radius 2 is 0.957 bits per heavy atom. The zero-order valence-electron chi connectivity index (χ0n) is 26.7. The topological polar surface area (TPSA) is 141 Å². The largest absolute Gasteiger partial charge is 0.493 e. The van der Waals surface area contributed by atoms with Crippen LogP contribution in [-0.2, 0) is 9.47 Å². The third-order valence-electron chi connectivity index (χ3n) is 6.60. The molecule has 12 nitrogen and oxygen atoms in total. The van der Waals surface area contributed by atoms with Crippen molar-refractivity contribution in [1.29, 1.82) is 0 Å². The van der Waals surface area contributed by atoms with Crippen molar-refractivity contribution in [3.63, 3.8) is 0 Å². The summed E-state index contributed by atoms with van der Waals surface area (Å²) in [6.45, 7) is 7.29. The van der Waals surface area contributed by atoms with Crippen molar-refractivity contribution >= 4 is 33.5 Å². The number of rotatable bonds is 13. The van der Waals surface area contributed by atoms with Crippen LogP contribution in [0, 0.1) is 13.8 Å². The summed E-state index contributed by atoms with van der Waals surface area (Å²) >= 11 is 0. The van der Waals surface area contributed by atoms with E-state index in [1.807, 2.05) is 0 Å². The average Bonchev–Trinajstić information content (AvgIpc) is 3.06. The van der Waals surface area contributed by atoms with E-state index in [1.54, 1.807) is 78.3 Å². The fourth-order valence-electron chi connectivity index (χ4n) is 4.52. The third-order valence-corrected chi connectivity index (χ3v) is 8.49. The molecule has 0 atom stereocenters. The molecule has 0 saturated carbocycles. The predicted octanol–water partition coefficient (Wildman–Crippen LogP) is 6.40. The molecule has 0 radical (unpaired) electrons. The minimum atomic E-state index is -0.540. The number of hydrogen-bond acceptors (Lipinski definition) is 14. The molecule has 0 unspecified atom stereocenters. The van der Waals surface area contributed by atoms with Gasteiger partial charge in [-0.25, -0.2) is 29.5 Å². The Bertz CT molecular complexity index is 1630. The Kier molecular flexibility index (Phi) is 11.7. The smallest absolute Gasteiger partial charge is 0.342 e. The number of nitrogens with zero attached hydrogens (tertiary/aromatic N) is 4. The second-order valence-corrected chi connectivity index (χ2v) is 11.4. The normalized spacial score (nSPS) is 10.7. The van der Waals surface area contributed by atoms with Gasteiger partial charge in [-0.1, -0.05) is 0 Å². The van der Waals surface area contributed by atoms with Crippen LogP contribution in [0.25, 0.3) is 22.5 Å². The molecular formula is C32H34N4O8S2. The molecule has 0 bridgehead atoms. The van der Waals surface area contributed by atoms with Crippen LogP contribution >= 0.6 is 21.6 Å². The second-order valence-electron chi connectivity index (χ2n) is 9.38. The quantitative estimate of drug-likeness (QED) is 0.0882. The number of aromatic nitrogens is 4. The minimum Gasteiger partial charge on any atom is -0.493 e. The molecule has 242 valence electrons. The second kappa shape index (κ2) is 15.6. The van der Waals surface area contributed by atoms with Gasteiger partial charge in [0.05, 0.1) is 64.4 Å². The molecule has 14 heteroatoms. The predicted molar refractivity (Wildman–Crippen MR) is 174 cm³/mol. The van der Waals surface area contributed by atoms with Gasteiger partial charge in [-0.05, 0) is 85.7 Å². The van der Waals surface area contributed by atoms with E-state index in [1.165, 1.54) is 35.8 Å². The van der Waals surface area contributed by atoms with E-state index in [2.05, 4.69) is 9.97 Å². The van der Waals surface area contributed by atoms with Gasteiger partial charge >= 0.3 is 11.9 Å². The van der Waals surface area contributed by atoms with Crippen molar-refractivity contribution in [2.24, 2.45) is 0 Å². The molecule has 0 amide bonds. The lowest BCUT2D eigenvalue weighted by Crippen LogP contribution is -2.12. The molecule has 0 aliphatic rings. The number of methoxy groups -OCH3 is 4. The molecule has 2 aromatic carbocycles. The van der Waals surface area contributed by atoms with Gasteiger partial charge in [-0.15, -0.1) is 0 Å². The number of carbonyl (C=O) groups excluding carboxylic acids is 2. The van der Waals surface area contributed by atoms with Crippen LogP contribution in [0.1, 0.15) is 46.0 Å². The van der Waals surface area contributed by atoms with Gasteiger partial charge in [-0.3, -0.25) is 0 Å². The molecule has 0 saturated heterocycles. The molecule has 2 aromatic heterocycles. The van der Waals surface area contributed by atoms with Crippen molar-refractivity contribution in [1.82, 2.24) is 19.9 Å². The van der Waals surface area contributed by atoms with Crippen LogP contribution in [0.2, 0.25) is 0 Å². The summed E-state index contributed by atoms with van der Waals surface area (Å²) in [5.41, 5.74) is 3.31. The molecule has 0 fully saturated rings. The van der Waals surface area contributed by atoms with Crippen molar-refractivity contribution in [3.05, 3.63) is 58.9 Å². The summed E-state index contributed by atoms with van der Waals surface area (Å²) in [7, 11) is 8.55. The maximum Gasteiger partial charge on any atom is 0.342 e. The lowest BCUT2D eigenvalue weighted by molar-refractivity contribution is 0.0515. The van der Waals surface area contributed by atoms with Crippen molar-refractivity contribution < 1.29 is 38.0 Å². The lowest BCUT2D eigenvalue weighted by Gasteiger charge is -2.15. The Balaban J connectivity index is 1.77. The van der Waals surface area contributed by atoms with Crippen LogP contribution < -0.4 is 18.9 Å². The number of hydrogen-bond donors (Lipinski definition) is 0. The van der Waals surface area contributed by atoms with Gasteiger partial charge in [0, 0.05) is 11.1 Å². The van der Waals surface area contributed by atoms with E-state index >= 15 is 0 Å². The summed E-state index contributed by atoms with van der Waals surface area (Å²) in [5.74, 6) is 0.933. The van der Waals surface area contributed by atoms with Crippen LogP contribution in [0.5, 0.6) is 23.0 Å². The molecule has 2 heterocycles. The summed E-state index contributed by atoms with van der Waals surface area (Å²) in [6.07, 6.45) is 0. The van der Waals surface area contributed by atoms with Crippen molar-refractivity contribution in [3.8, 4) is 45.5 Å². The Hall–Kier alpha value is -4.56. The standard InChI is InChI=1S/C32H34N4O8S2/c1-9-43-29(37)25-17(3)33-31(35-27(25)19-11-13-21(39-5)23(15-19)41-7)45-46-32-34-18(4)26(30(38)44-10-2)28(36-32)20-12-14-22(40-6)24(16-20)42-8/h11-16H,9-10H2,1-8H3.